The highest BCUT2D eigenvalue weighted by Crippen LogP contribution is 2.14. The van der Waals surface area contributed by atoms with Gasteiger partial charge in [0.2, 0.25) is 0 Å². The van der Waals surface area contributed by atoms with Crippen molar-refractivity contribution in [2.75, 3.05) is 5.33 Å². The van der Waals surface area contributed by atoms with E-state index in [9.17, 15) is 4.79 Å². The number of rotatable bonds is 2. The molecular weight excluding hydrogens is 336 g/mol. The second-order valence-corrected chi connectivity index (χ2v) is 4.10. The number of hydrogen-bond donors (Lipinski definition) is 0. The van der Waals surface area contributed by atoms with Crippen molar-refractivity contribution in [3.8, 4) is 0 Å². The summed E-state index contributed by atoms with van der Waals surface area (Å²) in [5, 5.41) is 0.329. The number of aryl methyl sites for hydroxylation is 2. The van der Waals surface area contributed by atoms with E-state index < -0.39 is 0 Å². The fourth-order valence-electron chi connectivity index (χ4n) is 1.66. The van der Waals surface area contributed by atoms with Gasteiger partial charge in [0, 0.05) is 6.20 Å². The molecule has 0 amide bonds. The Balaban J connectivity index is 0.00000128. The monoisotopic (exact) mass is 346 g/mol. The SMILES string of the molecule is Br.Cc1ccn2c(C(=O)CBr)c(C)nc2c1. The number of nitrogens with zero attached hydrogens (tertiary/aromatic N) is 2. The molecule has 0 aliphatic carbocycles. The van der Waals surface area contributed by atoms with Gasteiger partial charge in [0.05, 0.1) is 11.0 Å². The van der Waals surface area contributed by atoms with E-state index >= 15 is 0 Å². The Kier molecular flexibility index (Phi) is 4.27. The van der Waals surface area contributed by atoms with E-state index in [1.54, 1.807) is 0 Å². The normalized spacial score (nSPS) is 10.2. The first-order valence-corrected chi connectivity index (χ1v) is 5.80. The van der Waals surface area contributed by atoms with E-state index in [1.807, 2.05) is 36.6 Å². The molecule has 5 heteroatoms. The van der Waals surface area contributed by atoms with Crippen molar-refractivity contribution in [1.82, 2.24) is 9.38 Å². The van der Waals surface area contributed by atoms with Gasteiger partial charge in [-0.25, -0.2) is 4.98 Å². The molecular formula is C11H12Br2N2O. The molecule has 2 aromatic heterocycles. The van der Waals surface area contributed by atoms with Crippen LogP contribution < -0.4 is 0 Å². The molecule has 0 radical (unpaired) electrons. The third kappa shape index (κ3) is 2.20. The number of carbonyl (C=O) groups is 1. The van der Waals surface area contributed by atoms with Gasteiger partial charge in [-0.1, -0.05) is 15.9 Å². The number of Topliss-reactive ketones (excluding diaryl/α,β-unsaturated/α-hetero) is 1. The lowest BCUT2D eigenvalue weighted by Crippen LogP contribution is -2.06. The molecule has 0 atom stereocenters. The largest absolute Gasteiger partial charge is 0.297 e. The van der Waals surface area contributed by atoms with Gasteiger partial charge >= 0.3 is 0 Å². The van der Waals surface area contributed by atoms with Gasteiger partial charge in [-0.05, 0) is 31.5 Å². The second-order valence-electron chi connectivity index (χ2n) is 3.53. The maximum absolute atomic E-state index is 11.7. The van der Waals surface area contributed by atoms with Crippen LogP contribution in [0.4, 0.5) is 0 Å². The Labute approximate surface area is 113 Å². The topological polar surface area (TPSA) is 34.4 Å². The van der Waals surface area contributed by atoms with Crippen molar-refractivity contribution in [2.45, 2.75) is 13.8 Å². The number of alkyl halides is 1. The first-order valence-electron chi connectivity index (χ1n) is 4.68. The van der Waals surface area contributed by atoms with Gasteiger partial charge in [0.1, 0.15) is 11.3 Å². The summed E-state index contributed by atoms with van der Waals surface area (Å²) in [7, 11) is 0. The van der Waals surface area contributed by atoms with E-state index in [0.717, 1.165) is 16.9 Å². The van der Waals surface area contributed by atoms with Crippen LogP contribution in [0.5, 0.6) is 0 Å². The number of aromatic nitrogens is 2. The summed E-state index contributed by atoms with van der Waals surface area (Å²) in [5.41, 5.74) is 3.43. The van der Waals surface area contributed by atoms with Crippen LogP contribution in [-0.4, -0.2) is 20.5 Å². The van der Waals surface area contributed by atoms with Crippen LogP contribution in [0.25, 0.3) is 5.65 Å². The molecule has 86 valence electrons. The van der Waals surface area contributed by atoms with Gasteiger partial charge in [-0.3, -0.25) is 9.20 Å². The highest BCUT2D eigenvalue weighted by molar-refractivity contribution is 9.09. The molecule has 2 heterocycles. The zero-order valence-electron chi connectivity index (χ0n) is 9.03. The molecule has 0 N–H and O–H groups in total. The second kappa shape index (κ2) is 5.10. The number of imidazole rings is 1. The van der Waals surface area contributed by atoms with Gasteiger partial charge in [0.15, 0.2) is 5.78 Å². The highest BCUT2D eigenvalue weighted by Gasteiger charge is 2.14. The number of fused-ring (bicyclic) bond motifs is 1. The Morgan fingerprint density at radius 2 is 2.19 bits per heavy atom. The molecule has 0 aromatic carbocycles. The zero-order chi connectivity index (χ0) is 11.0. The molecule has 3 nitrogen and oxygen atoms in total. The van der Waals surface area contributed by atoms with E-state index in [-0.39, 0.29) is 22.8 Å². The number of hydrogen-bond acceptors (Lipinski definition) is 2. The lowest BCUT2D eigenvalue weighted by Gasteiger charge is -1.99. The average molecular weight is 348 g/mol. The third-order valence-corrected chi connectivity index (χ3v) is 2.85. The van der Waals surface area contributed by atoms with E-state index in [0.29, 0.717) is 11.0 Å². The lowest BCUT2D eigenvalue weighted by molar-refractivity contribution is 0.101. The molecule has 0 fully saturated rings. The van der Waals surface area contributed by atoms with Crippen LogP contribution in [0, 0.1) is 13.8 Å². The molecule has 0 saturated carbocycles. The van der Waals surface area contributed by atoms with Gasteiger partial charge in [0.25, 0.3) is 0 Å². The molecule has 0 saturated heterocycles. The highest BCUT2D eigenvalue weighted by atomic mass is 79.9. The van der Waals surface area contributed by atoms with E-state index in [1.165, 1.54) is 0 Å². The predicted molar refractivity (Wildman–Crippen MR) is 73.1 cm³/mol. The first kappa shape index (κ1) is 13.4. The van der Waals surface area contributed by atoms with Crippen LogP contribution in [-0.2, 0) is 0 Å². The summed E-state index contributed by atoms with van der Waals surface area (Å²) in [6.07, 6.45) is 1.89. The number of ketones is 1. The minimum Gasteiger partial charge on any atom is -0.297 e. The van der Waals surface area contributed by atoms with Crippen molar-refractivity contribution in [3.63, 3.8) is 0 Å². The van der Waals surface area contributed by atoms with Crippen LogP contribution in [0.2, 0.25) is 0 Å². The smallest absolute Gasteiger partial charge is 0.191 e. The van der Waals surface area contributed by atoms with Crippen molar-refractivity contribution in [1.29, 1.82) is 0 Å². The third-order valence-electron chi connectivity index (χ3n) is 2.34. The summed E-state index contributed by atoms with van der Waals surface area (Å²) < 4.78 is 1.84. The molecule has 0 aliphatic heterocycles. The van der Waals surface area contributed by atoms with Crippen molar-refractivity contribution >= 4 is 44.3 Å². The molecule has 0 unspecified atom stereocenters. The molecule has 0 spiro atoms. The van der Waals surface area contributed by atoms with Crippen LogP contribution in [0.15, 0.2) is 18.3 Å². The van der Waals surface area contributed by atoms with Gasteiger partial charge in [-0.15, -0.1) is 17.0 Å². The predicted octanol–water partition coefficient (Wildman–Crippen LogP) is 3.11. The van der Waals surface area contributed by atoms with Crippen LogP contribution in [0.1, 0.15) is 21.7 Å². The minimum absolute atomic E-state index is 0. The van der Waals surface area contributed by atoms with Crippen LogP contribution in [0.3, 0.4) is 0 Å². The Morgan fingerprint density at radius 1 is 1.50 bits per heavy atom. The molecule has 16 heavy (non-hydrogen) atoms. The molecule has 2 rings (SSSR count). The maximum atomic E-state index is 11.7. The fraction of sp³-hybridized carbons (Fsp3) is 0.273. The lowest BCUT2D eigenvalue weighted by atomic mass is 10.2. The summed E-state index contributed by atoms with van der Waals surface area (Å²) in [5.74, 6) is 0.0591. The Bertz CT molecular complexity index is 534. The quantitative estimate of drug-likeness (QED) is 0.618. The number of pyridine rings is 1. The fourth-order valence-corrected chi connectivity index (χ4v) is 1.93. The standard InChI is InChI=1S/C11H11BrN2O.BrH/c1-7-3-4-14-10(5-7)13-8(2)11(14)9(15)6-12;/h3-5H,6H2,1-2H3;1H. The van der Waals surface area contributed by atoms with Crippen LogP contribution >= 0.6 is 32.9 Å². The maximum Gasteiger partial charge on any atom is 0.191 e. The molecule has 0 aliphatic rings. The van der Waals surface area contributed by atoms with Gasteiger partial charge in [-0.2, -0.15) is 0 Å². The van der Waals surface area contributed by atoms with Gasteiger partial charge < -0.3 is 0 Å². The number of halogens is 2. The van der Waals surface area contributed by atoms with Crippen molar-refractivity contribution in [3.05, 3.63) is 35.3 Å². The molecule has 2 aromatic rings. The first-order chi connectivity index (χ1) is 7.13. The summed E-state index contributed by atoms with van der Waals surface area (Å²) in [4.78, 5) is 16.1. The molecule has 0 bridgehead atoms. The van der Waals surface area contributed by atoms with Crippen molar-refractivity contribution < 1.29 is 4.79 Å². The summed E-state index contributed by atoms with van der Waals surface area (Å²) >= 11 is 3.18. The zero-order valence-corrected chi connectivity index (χ0v) is 12.3. The Hall–Kier alpha value is -0.680. The minimum atomic E-state index is 0. The van der Waals surface area contributed by atoms with E-state index in [4.69, 9.17) is 0 Å². The van der Waals surface area contributed by atoms with E-state index in [2.05, 4.69) is 20.9 Å². The Morgan fingerprint density at radius 3 is 2.81 bits per heavy atom. The summed E-state index contributed by atoms with van der Waals surface area (Å²) in [6.45, 7) is 3.87. The number of carbonyl (C=O) groups excluding carboxylic acids is 1. The summed E-state index contributed by atoms with van der Waals surface area (Å²) in [6, 6.07) is 3.94. The van der Waals surface area contributed by atoms with Crippen molar-refractivity contribution in [2.24, 2.45) is 0 Å². The average Bonchev–Trinajstić information content (AvgIpc) is 2.52.